The first-order valence-electron chi connectivity index (χ1n) is 10.4. The van der Waals surface area contributed by atoms with Crippen molar-refractivity contribution in [1.82, 2.24) is 15.1 Å². The Labute approximate surface area is 177 Å². The van der Waals surface area contributed by atoms with Gasteiger partial charge in [0.05, 0.1) is 26.0 Å². The minimum absolute atomic E-state index is 0.00661. The van der Waals surface area contributed by atoms with Crippen LogP contribution in [0.4, 0.5) is 0 Å². The van der Waals surface area contributed by atoms with E-state index in [9.17, 15) is 0 Å². The van der Waals surface area contributed by atoms with E-state index in [2.05, 4.69) is 52.4 Å². The highest BCUT2D eigenvalue weighted by Crippen LogP contribution is 2.23. The maximum Gasteiger partial charge on any atom is 0.123 e. The van der Waals surface area contributed by atoms with Crippen LogP contribution >= 0.6 is 0 Å². The Morgan fingerprint density at radius 2 is 2.00 bits per heavy atom. The van der Waals surface area contributed by atoms with E-state index in [1.165, 1.54) is 11.1 Å². The monoisotopic (exact) mass is 407 g/mol. The highest BCUT2D eigenvalue weighted by Gasteiger charge is 2.24. The predicted octanol–water partition coefficient (Wildman–Crippen LogP) is 3.92. The summed E-state index contributed by atoms with van der Waals surface area (Å²) in [6, 6.07) is 18.4. The van der Waals surface area contributed by atoms with Gasteiger partial charge in [0.2, 0.25) is 0 Å². The molecule has 158 valence electrons. The summed E-state index contributed by atoms with van der Waals surface area (Å²) in [6.07, 6.45) is 0.747. The van der Waals surface area contributed by atoms with Crippen molar-refractivity contribution in [3.8, 4) is 11.5 Å². The van der Waals surface area contributed by atoms with Crippen LogP contribution < -0.4 is 9.47 Å². The van der Waals surface area contributed by atoms with Crippen LogP contribution in [0.3, 0.4) is 0 Å². The smallest absolute Gasteiger partial charge is 0.123 e. The third kappa shape index (κ3) is 5.40. The molecule has 0 aliphatic carbocycles. The number of aromatic nitrogens is 2. The molecule has 0 unspecified atom stereocenters. The molecule has 4 rings (SSSR count). The summed E-state index contributed by atoms with van der Waals surface area (Å²) in [5.41, 5.74) is 4.64. The van der Waals surface area contributed by atoms with Gasteiger partial charge in [0.25, 0.3) is 0 Å². The number of hydrogen-bond donors (Lipinski definition) is 1. The number of ether oxygens (including phenoxy) is 3. The summed E-state index contributed by atoms with van der Waals surface area (Å²) >= 11 is 0. The zero-order valence-electron chi connectivity index (χ0n) is 17.6. The number of nitrogens with one attached hydrogen (secondary N) is 1. The highest BCUT2D eigenvalue weighted by atomic mass is 16.5. The molecule has 2 aromatic carbocycles. The van der Waals surface area contributed by atoms with Crippen molar-refractivity contribution in [3.63, 3.8) is 0 Å². The predicted molar refractivity (Wildman–Crippen MR) is 116 cm³/mol. The number of nitrogens with zero attached hydrogens (tertiary/aromatic N) is 2. The maximum absolute atomic E-state index is 6.00. The van der Waals surface area contributed by atoms with Gasteiger partial charge < -0.3 is 14.2 Å². The van der Waals surface area contributed by atoms with Gasteiger partial charge in [-0.2, -0.15) is 5.10 Å². The molecule has 1 fully saturated rings. The number of rotatable bonds is 8. The zero-order valence-corrected chi connectivity index (χ0v) is 17.6. The van der Waals surface area contributed by atoms with Crippen molar-refractivity contribution in [2.45, 2.75) is 26.0 Å². The Hall–Kier alpha value is -2.83. The standard InChI is InChI=1S/C24H29N3O3/c1-18-5-3-6-19(13-18)16-27-10-12-30-24(17-27)23-14-20(25-26-23)9-11-29-22-8-4-7-21(15-22)28-2/h3-8,13-15,24H,9-12,16-17H2,1-2H3,(H,25,26)/t24-/m1/s1. The molecule has 1 N–H and O–H groups in total. The van der Waals surface area contributed by atoms with Crippen molar-refractivity contribution in [2.75, 3.05) is 33.4 Å². The molecule has 2 heterocycles. The molecule has 0 spiro atoms. The van der Waals surface area contributed by atoms with E-state index in [4.69, 9.17) is 14.2 Å². The van der Waals surface area contributed by atoms with Crippen molar-refractivity contribution in [2.24, 2.45) is 0 Å². The molecule has 1 atom stereocenters. The van der Waals surface area contributed by atoms with E-state index in [0.717, 1.165) is 55.5 Å². The lowest BCUT2D eigenvalue weighted by molar-refractivity contribution is -0.0350. The summed E-state index contributed by atoms with van der Waals surface area (Å²) in [4.78, 5) is 2.43. The fraction of sp³-hybridized carbons (Fsp3) is 0.375. The van der Waals surface area contributed by atoms with Crippen LogP contribution in [-0.4, -0.2) is 48.5 Å². The fourth-order valence-corrected chi connectivity index (χ4v) is 3.74. The van der Waals surface area contributed by atoms with Crippen molar-refractivity contribution >= 4 is 0 Å². The molecule has 1 aliphatic heterocycles. The van der Waals surface area contributed by atoms with Crippen molar-refractivity contribution in [3.05, 3.63) is 77.1 Å². The second kappa shape index (κ2) is 9.78. The van der Waals surface area contributed by atoms with Crippen LogP contribution in [0, 0.1) is 6.92 Å². The normalized spacial score (nSPS) is 17.1. The Kier molecular flexibility index (Phi) is 6.67. The third-order valence-corrected chi connectivity index (χ3v) is 5.30. The second-order valence-electron chi connectivity index (χ2n) is 7.68. The average Bonchev–Trinajstić information content (AvgIpc) is 3.23. The largest absolute Gasteiger partial charge is 0.497 e. The van der Waals surface area contributed by atoms with Gasteiger partial charge >= 0.3 is 0 Å². The minimum Gasteiger partial charge on any atom is -0.497 e. The van der Waals surface area contributed by atoms with Crippen LogP contribution in [0.25, 0.3) is 0 Å². The van der Waals surface area contributed by atoms with E-state index < -0.39 is 0 Å². The van der Waals surface area contributed by atoms with Gasteiger partial charge in [-0.05, 0) is 30.7 Å². The number of morpholine rings is 1. The molecule has 1 aromatic heterocycles. The fourth-order valence-electron chi connectivity index (χ4n) is 3.74. The number of H-pyrrole nitrogens is 1. The molecule has 1 saturated heterocycles. The maximum atomic E-state index is 6.00. The molecule has 3 aromatic rings. The number of methoxy groups -OCH3 is 1. The van der Waals surface area contributed by atoms with E-state index in [0.29, 0.717) is 6.61 Å². The van der Waals surface area contributed by atoms with Gasteiger partial charge in [-0.1, -0.05) is 35.9 Å². The molecule has 0 bridgehead atoms. The second-order valence-corrected chi connectivity index (χ2v) is 7.68. The van der Waals surface area contributed by atoms with Crippen molar-refractivity contribution < 1.29 is 14.2 Å². The third-order valence-electron chi connectivity index (χ3n) is 5.30. The quantitative estimate of drug-likeness (QED) is 0.613. The molecule has 0 amide bonds. The Bertz CT molecular complexity index is 956. The molecule has 0 saturated carbocycles. The summed E-state index contributed by atoms with van der Waals surface area (Å²) in [7, 11) is 1.65. The molecule has 6 nitrogen and oxygen atoms in total. The summed E-state index contributed by atoms with van der Waals surface area (Å²) in [5.74, 6) is 1.59. The average molecular weight is 408 g/mol. The van der Waals surface area contributed by atoms with Crippen LogP contribution in [-0.2, 0) is 17.7 Å². The lowest BCUT2D eigenvalue weighted by Gasteiger charge is -2.32. The first-order chi connectivity index (χ1) is 14.7. The number of hydrogen-bond acceptors (Lipinski definition) is 5. The lowest BCUT2D eigenvalue weighted by Crippen LogP contribution is -2.37. The van der Waals surface area contributed by atoms with Gasteiger partial charge in [-0.3, -0.25) is 10.00 Å². The first-order valence-corrected chi connectivity index (χ1v) is 10.4. The Morgan fingerprint density at radius 1 is 1.13 bits per heavy atom. The van der Waals surface area contributed by atoms with Gasteiger partial charge in [-0.25, -0.2) is 0 Å². The summed E-state index contributed by atoms with van der Waals surface area (Å²) in [6.45, 7) is 6.15. The molecule has 30 heavy (non-hydrogen) atoms. The zero-order chi connectivity index (χ0) is 20.8. The van der Waals surface area contributed by atoms with E-state index in [-0.39, 0.29) is 6.10 Å². The van der Waals surface area contributed by atoms with Crippen LogP contribution in [0.15, 0.2) is 54.6 Å². The number of aryl methyl sites for hydroxylation is 1. The topological polar surface area (TPSA) is 59.6 Å². The van der Waals surface area contributed by atoms with Crippen LogP contribution in [0.2, 0.25) is 0 Å². The Balaban J connectivity index is 1.29. The minimum atomic E-state index is -0.00661. The Morgan fingerprint density at radius 3 is 2.87 bits per heavy atom. The number of benzene rings is 2. The van der Waals surface area contributed by atoms with E-state index >= 15 is 0 Å². The van der Waals surface area contributed by atoms with Crippen LogP contribution in [0.1, 0.15) is 28.6 Å². The molecular weight excluding hydrogens is 378 g/mol. The summed E-state index contributed by atoms with van der Waals surface area (Å²) in [5, 5.41) is 7.63. The van der Waals surface area contributed by atoms with Crippen molar-refractivity contribution in [1.29, 1.82) is 0 Å². The van der Waals surface area contributed by atoms with Gasteiger partial charge in [-0.15, -0.1) is 0 Å². The van der Waals surface area contributed by atoms with E-state index in [1.807, 2.05) is 24.3 Å². The molecular formula is C24H29N3O3. The molecule has 6 heteroatoms. The van der Waals surface area contributed by atoms with Gasteiger partial charge in [0, 0.05) is 37.8 Å². The first kappa shape index (κ1) is 20.4. The summed E-state index contributed by atoms with van der Waals surface area (Å²) < 4.78 is 17.1. The van der Waals surface area contributed by atoms with Gasteiger partial charge in [0.15, 0.2) is 0 Å². The van der Waals surface area contributed by atoms with E-state index in [1.54, 1.807) is 7.11 Å². The lowest BCUT2D eigenvalue weighted by atomic mass is 10.1. The molecule has 0 radical (unpaired) electrons. The highest BCUT2D eigenvalue weighted by molar-refractivity contribution is 5.32. The SMILES string of the molecule is COc1cccc(OCCc2cc([C@H]3CN(Cc4cccc(C)c4)CCO3)n[nH]2)c1. The van der Waals surface area contributed by atoms with Gasteiger partial charge in [0.1, 0.15) is 17.6 Å². The number of aromatic amines is 1. The van der Waals surface area contributed by atoms with Crippen LogP contribution in [0.5, 0.6) is 11.5 Å². The molecule has 1 aliphatic rings.